The summed E-state index contributed by atoms with van der Waals surface area (Å²) < 4.78 is 5.52. The molecular formula is C15H18ClN3O2S. The van der Waals surface area contributed by atoms with Crippen LogP contribution in [0.1, 0.15) is 41.0 Å². The van der Waals surface area contributed by atoms with Crippen molar-refractivity contribution in [3.63, 3.8) is 0 Å². The van der Waals surface area contributed by atoms with Crippen molar-refractivity contribution in [3.05, 3.63) is 45.1 Å². The SMILES string of the molecule is CCOC(C)c1nc(CN(C)C(=O)c2ccc(Cl)nc2)cs1. The molecule has 0 aliphatic carbocycles. The fourth-order valence-corrected chi connectivity index (χ4v) is 2.87. The van der Waals surface area contributed by atoms with Crippen molar-refractivity contribution in [1.29, 1.82) is 0 Å². The second-order valence-electron chi connectivity index (χ2n) is 4.81. The van der Waals surface area contributed by atoms with Gasteiger partial charge in [0.2, 0.25) is 0 Å². The van der Waals surface area contributed by atoms with E-state index in [1.807, 2.05) is 19.2 Å². The van der Waals surface area contributed by atoms with Gasteiger partial charge in [0.1, 0.15) is 16.3 Å². The summed E-state index contributed by atoms with van der Waals surface area (Å²) in [7, 11) is 1.74. The average molecular weight is 340 g/mol. The minimum atomic E-state index is -0.114. The Morgan fingerprint density at radius 1 is 1.50 bits per heavy atom. The molecule has 0 aliphatic heterocycles. The van der Waals surface area contributed by atoms with Gasteiger partial charge in [-0.15, -0.1) is 11.3 Å². The minimum absolute atomic E-state index is 0.0229. The normalized spacial score (nSPS) is 12.2. The maximum Gasteiger partial charge on any atom is 0.255 e. The number of pyridine rings is 1. The van der Waals surface area contributed by atoms with Gasteiger partial charge < -0.3 is 9.64 Å². The van der Waals surface area contributed by atoms with E-state index in [0.29, 0.717) is 23.9 Å². The van der Waals surface area contributed by atoms with E-state index in [0.717, 1.165) is 10.7 Å². The first-order valence-corrected chi connectivity index (χ1v) is 8.20. The molecule has 0 aromatic carbocycles. The van der Waals surface area contributed by atoms with Gasteiger partial charge in [-0.3, -0.25) is 4.79 Å². The Morgan fingerprint density at radius 3 is 2.91 bits per heavy atom. The summed E-state index contributed by atoms with van der Waals surface area (Å²) in [4.78, 5) is 22.4. The standard InChI is InChI=1S/C15H18ClN3O2S/c1-4-21-10(2)14-18-12(9-22-14)8-19(3)15(20)11-5-6-13(16)17-7-11/h5-7,9-10H,4,8H2,1-3H3. The van der Waals surface area contributed by atoms with Gasteiger partial charge in [0.15, 0.2) is 0 Å². The third kappa shape index (κ3) is 4.25. The van der Waals surface area contributed by atoms with E-state index in [4.69, 9.17) is 16.3 Å². The summed E-state index contributed by atoms with van der Waals surface area (Å²) in [5, 5.41) is 3.24. The molecule has 2 aromatic rings. The summed E-state index contributed by atoms with van der Waals surface area (Å²) in [6.07, 6.45) is 1.45. The second kappa shape index (κ2) is 7.67. The van der Waals surface area contributed by atoms with Gasteiger partial charge in [-0.25, -0.2) is 9.97 Å². The Labute approximate surface area is 138 Å². The molecule has 0 bridgehead atoms. The largest absolute Gasteiger partial charge is 0.372 e. The van der Waals surface area contributed by atoms with Crippen molar-refractivity contribution in [2.45, 2.75) is 26.5 Å². The summed E-state index contributed by atoms with van der Waals surface area (Å²) in [5.74, 6) is -0.114. The Hall–Kier alpha value is -1.50. The van der Waals surface area contributed by atoms with Crippen LogP contribution < -0.4 is 0 Å². The van der Waals surface area contributed by atoms with Crippen LogP contribution in [0.4, 0.5) is 0 Å². The number of amides is 1. The highest BCUT2D eigenvalue weighted by atomic mass is 35.5. The van der Waals surface area contributed by atoms with E-state index < -0.39 is 0 Å². The van der Waals surface area contributed by atoms with Gasteiger partial charge in [-0.2, -0.15) is 0 Å². The molecule has 22 heavy (non-hydrogen) atoms. The number of thiazole rings is 1. The molecule has 2 rings (SSSR count). The number of carbonyl (C=O) groups excluding carboxylic acids is 1. The van der Waals surface area contributed by atoms with Crippen LogP contribution in [0, 0.1) is 0 Å². The summed E-state index contributed by atoms with van der Waals surface area (Å²) in [5.41, 5.74) is 1.36. The maximum atomic E-state index is 12.3. The van der Waals surface area contributed by atoms with Gasteiger partial charge in [0, 0.05) is 25.2 Å². The highest BCUT2D eigenvalue weighted by Gasteiger charge is 2.15. The molecule has 1 amide bonds. The highest BCUT2D eigenvalue weighted by Crippen LogP contribution is 2.22. The van der Waals surface area contributed by atoms with Crippen molar-refractivity contribution in [1.82, 2.24) is 14.9 Å². The predicted octanol–water partition coefficient (Wildman–Crippen LogP) is 3.56. The van der Waals surface area contributed by atoms with Gasteiger partial charge in [-0.1, -0.05) is 11.6 Å². The van der Waals surface area contributed by atoms with Crippen molar-refractivity contribution < 1.29 is 9.53 Å². The van der Waals surface area contributed by atoms with E-state index >= 15 is 0 Å². The zero-order valence-corrected chi connectivity index (χ0v) is 14.3. The minimum Gasteiger partial charge on any atom is -0.372 e. The van der Waals surface area contributed by atoms with Crippen molar-refractivity contribution in [2.24, 2.45) is 0 Å². The number of carbonyl (C=O) groups is 1. The molecule has 5 nitrogen and oxygen atoms in total. The average Bonchev–Trinajstić information content (AvgIpc) is 2.96. The molecule has 1 unspecified atom stereocenters. The molecule has 118 valence electrons. The Balaban J connectivity index is 2.01. The highest BCUT2D eigenvalue weighted by molar-refractivity contribution is 7.09. The van der Waals surface area contributed by atoms with Gasteiger partial charge in [0.25, 0.3) is 5.91 Å². The lowest BCUT2D eigenvalue weighted by Crippen LogP contribution is -2.26. The Kier molecular flexibility index (Phi) is 5.88. The molecule has 0 aliphatic rings. The van der Waals surface area contributed by atoms with Crippen molar-refractivity contribution in [3.8, 4) is 0 Å². The first-order valence-electron chi connectivity index (χ1n) is 6.94. The van der Waals surface area contributed by atoms with Gasteiger partial charge in [0.05, 0.1) is 17.8 Å². The number of hydrogen-bond acceptors (Lipinski definition) is 5. The molecule has 0 fully saturated rings. The predicted molar refractivity (Wildman–Crippen MR) is 87.2 cm³/mol. The molecule has 2 heterocycles. The number of rotatable bonds is 6. The molecule has 7 heteroatoms. The van der Waals surface area contributed by atoms with Crippen LogP contribution in [-0.2, 0) is 11.3 Å². The fraction of sp³-hybridized carbons (Fsp3) is 0.400. The molecule has 0 spiro atoms. The van der Waals surface area contributed by atoms with E-state index in [9.17, 15) is 4.79 Å². The number of aromatic nitrogens is 2. The van der Waals surface area contributed by atoms with Crippen LogP contribution >= 0.6 is 22.9 Å². The summed E-state index contributed by atoms with van der Waals surface area (Å²) >= 11 is 7.27. The van der Waals surface area contributed by atoms with E-state index in [2.05, 4.69) is 9.97 Å². The van der Waals surface area contributed by atoms with E-state index in [1.54, 1.807) is 35.4 Å². The number of hydrogen-bond donors (Lipinski definition) is 0. The lowest BCUT2D eigenvalue weighted by molar-refractivity contribution is 0.0756. The first-order chi connectivity index (χ1) is 10.5. The van der Waals surface area contributed by atoms with Crippen LogP contribution in [0.3, 0.4) is 0 Å². The van der Waals surface area contributed by atoms with Crippen molar-refractivity contribution >= 4 is 28.8 Å². The van der Waals surface area contributed by atoms with Crippen LogP contribution in [0.2, 0.25) is 5.15 Å². The summed E-state index contributed by atoms with van der Waals surface area (Å²) in [6, 6.07) is 3.27. The van der Waals surface area contributed by atoms with Crippen LogP contribution in [-0.4, -0.2) is 34.4 Å². The quantitative estimate of drug-likeness (QED) is 0.755. The molecule has 0 N–H and O–H groups in total. The summed E-state index contributed by atoms with van der Waals surface area (Å²) in [6.45, 7) is 5.02. The van der Waals surface area contributed by atoms with Crippen LogP contribution in [0.15, 0.2) is 23.7 Å². The third-order valence-electron chi connectivity index (χ3n) is 3.05. The lowest BCUT2D eigenvalue weighted by atomic mass is 10.2. The lowest BCUT2D eigenvalue weighted by Gasteiger charge is -2.15. The number of ether oxygens (including phenoxy) is 1. The second-order valence-corrected chi connectivity index (χ2v) is 6.08. The number of nitrogens with zero attached hydrogens (tertiary/aromatic N) is 3. The van der Waals surface area contributed by atoms with E-state index in [-0.39, 0.29) is 12.0 Å². The van der Waals surface area contributed by atoms with E-state index in [1.165, 1.54) is 6.20 Å². The maximum absolute atomic E-state index is 12.3. The van der Waals surface area contributed by atoms with Crippen LogP contribution in [0.25, 0.3) is 0 Å². The molecular weight excluding hydrogens is 322 g/mol. The van der Waals surface area contributed by atoms with Gasteiger partial charge in [-0.05, 0) is 26.0 Å². The topological polar surface area (TPSA) is 55.3 Å². The monoisotopic (exact) mass is 339 g/mol. The number of halogens is 1. The smallest absolute Gasteiger partial charge is 0.255 e. The molecule has 0 saturated carbocycles. The fourth-order valence-electron chi connectivity index (χ4n) is 1.94. The molecule has 2 aromatic heterocycles. The zero-order chi connectivity index (χ0) is 16.1. The van der Waals surface area contributed by atoms with Crippen LogP contribution in [0.5, 0.6) is 0 Å². The molecule has 1 atom stereocenters. The van der Waals surface area contributed by atoms with Crippen molar-refractivity contribution in [2.75, 3.05) is 13.7 Å². The Bertz CT molecular complexity index is 630. The molecule has 0 radical (unpaired) electrons. The Morgan fingerprint density at radius 2 is 2.27 bits per heavy atom. The van der Waals surface area contributed by atoms with Gasteiger partial charge >= 0.3 is 0 Å². The molecule has 0 saturated heterocycles. The zero-order valence-electron chi connectivity index (χ0n) is 12.7. The third-order valence-corrected chi connectivity index (χ3v) is 4.33. The first kappa shape index (κ1) is 16.9.